The van der Waals surface area contributed by atoms with E-state index in [1.54, 1.807) is 66.7 Å². The summed E-state index contributed by atoms with van der Waals surface area (Å²) >= 11 is 0. The predicted molar refractivity (Wildman–Crippen MR) is 122 cm³/mol. The molecule has 0 unspecified atom stereocenters. The first-order valence-electron chi connectivity index (χ1n) is 9.56. The van der Waals surface area contributed by atoms with Crippen LogP contribution >= 0.6 is 7.22 Å². The Hall–Kier alpha value is -3.09. The topological polar surface area (TPSA) is 0 Å². The van der Waals surface area contributed by atoms with E-state index in [1.807, 2.05) is 48.5 Å². The summed E-state index contributed by atoms with van der Waals surface area (Å²) in [4.78, 5) is 0. The van der Waals surface area contributed by atoms with Crippen LogP contribution in [0.25, 0.3) is 21.5 Å². The van der Waals surface area contributed by atoms with E-state index < -0.39 is 7.22 Å². The van der Waals surface area contributed by atoms with Crippen LogP contribution in [-0.4, -0.2) is 0 Å². The minimum absolute atomic E-state index is 0.0891. The van der Waals surface area contributed by atoms with Crippen molar-refractivity contribution in [1.29, 1.82) is 0 Å². The fourth-order valence-corrected chi connectivity index (χ4v) is 7.66. The molecule has 0 spiro atoms. The Kier molecular flexibility index (Phi) is 4.01. The summed E-state index contributed by atoms with van der Waals surface area (Å²) in [6, 6.07) is 33.6. The molecule has 0 bridgehead atoms. The molecule has 0 atom stereocenters. The summed E-state index contributed by atoms with van der Waals surface area (Å²) in [5.74, 6) is 0. The van der Waals surface area contributed by atoms with Crippen LogP contribution in [0.4, 0.5) is 8.39 Å². The third-order valence-electron chi connectivity index (χ3n) is 5.59. The van der Waals surface area contributed by atoms with Gasteiger partial charge in [-0.15, -0.1) is 0 Å². The quantitative estimate of drug-likeness (QED) is 0.300. The Bertz CT molecular complexity index is 1250. The van der Waals surface area contributed by atoms with E-state index in [0.717, 1.165) is 10.8 Å². The molecule has 0 saturated carbocycles. The summed E-state index contributed by atoms with van der Waals surface area (Å²) in [6.07, 6.45) is 0. The second-order valence-corrected chi connectivity index (χ2v) is 10.5. The monoisotopic (exact) mass is 400 g/mol. The molecule has 5 aromatic rings. The summed E-state index contributed by atoms with van der Waals surface area (Å²) in [6.45, 7) is 0. The molecule has 0 saturated heterocycles. The van der Waals surface area contributed by atoms with Gasteiger partial charge in [-0.3, -0.25) is 0 Å². The van der Waals surface area contributed by atoms with E-state index in [-0.39, 0.29) is 15.9 Å². The summed E-state index contributed by atoms with van der Waals surface area (Å²) in [5, 5.41) is 3.19. The molecule has 0 aromatic heterocycles. The van der Waals surface area contributed by atoms with Crippen molar-refractivity contribution in [3.8, 4) is 0 Å². The van der Waals surface area contributed by atoms with Crippen molar-refractivity contribution in [2.24, 2.45) is 0 Å². The van der Waals surface area contributed by atoms with Gasteiger partial charge in [0.15, 0.2) is 0 Å². The van der Waals surface area contributed by atoms with Crippen LogP contribution in [0.5, 0.6) is 0 Å². The SMILES string of the molecule is FP(F)(c1ccccc1)(c1cccc2ccccc12)c1cccc2ccccc12. The van der Waals surface area contributed by atoms with Crippen LogP contribution in [-0.2, 0) is 0 Å². The van der Waals surface area contributed by atoms with Crippen LogP contribution < -0.4 is 15.9 Å². The number of fused-ring (bicyclic) bond motifs is 2. The molecule has 3 heteroatoms. The Morgan fingerprint density at radius 3 is 1.34 bits per heavy atom. The average molecular weight is 400 g/mol. The first kappa shape index (κ1) is 18.0. The van der Waals surface area contributed by atoms with E-state index in [4.69, 9.17) is 0 Å². The van der Waals surface area contributed by atoms with Crippen LogP contribution in [0, 0.1) is 0 Å². The second kappa shape index (κ2) is 6.47. The number of rotatable bonds is 3. The molecule has 29 heavy (non-hydrogen) atoms. The maximum absolute atomic E-state index is 17.6. The zero-order valence-corrected chi connectivity index (χ0v) is 16.6. The summed E-state index contributed by atoms with van der Waals surface area (Å²) in [5.41, 5.74) is 0. The number of hydrogen-bond acceptors (Lipinski definition) is 0. The van der Waals surface area contributed by atoms with E-state index in [1.165, 1.54) is 0 Å². The molecule has 142 valence electrons. The van der Waals surface area contributed by atoms with E-state index in [2.05, 4.69) is 0 Å². The van der Waals surface area contributed by atoms with Crippen molar-refractivity contribution in [2.75, 3.05) is 0 Å². The molecular formula is C26H19F2P. The van der Waals surface area contributed by atoms with Gasteiger partial charge in [0.25, 0.3) is 0 Å². The van der Waals surface area contributed by atoms with Gasteiger partial charge in [-0.1, -0.05) is 0 Å². The van der Waals surface area contributed by atoms with Crippen molar-refractivity contribution < 1.29 is 8.39 Å². The Labute approximate surface area is 168 Å². The fraction of sp³-hybridized carbons (Fsp3) is 0. The van der Waals surface area contributed by atoms with Crippen molar-refractivity contribution in [1.82, 2.24) is 0 Å². The maximum atomic E-state index is 17.6. The van der Waals surface area contributed by atoms with Crippen LogP contribution in [0.1, 0.15) is 0 Å². The summed E-state index contributed by atoms with van der Waals surface area (Å²) in [7, 11) is -5.72. The van der Waals surface area contributed by atoms with Crippen molar-refractivity contribution >= 4 is 44.7 Å². The van der Waals surface area contributed by atoms with E-state index in [9.17, 15) is 0 Å². The zero-order chi connectivity index (χ0) is 19.9. The molecular weight excluding hydrogens is 381 g/mol. The van der Waals surface area contributed by atoms with E-state index >= 15 is 8.39 Å². The average Bonchev–Trinajstić information content (AvgIpc) is 2.79. The molecule has 0 nitrogen and oxygen atoms in total. The predicted octanol–water partition coefficient (Wildman–Crippen LogP) is 6.59. The third-order valence-corrected chi connectivity index (χ3v) is 9.27. The number of halogens is 2. The molecule has 0 heterocycles. The van der Waals surface area contributed by atoms with Crippen LogP contribution in [0.3, 0.4) is 0 Å². The number of hydrogen-bond donors (Lipinski definition) is 0. The molecule has 5 rings (SSSR count). The molecule has 0 aliphatic rings. The van der Waals surface area contributed by atoms with Gasteiger partial charge in [-0.25, -0.2) is 0 Å². The third kappa shape index (κ3) is 2.60. The number of benzene rings is 5. The first-order chi connectivity index (χ1) is 14.1. The van der Waals surface area contributed by atoms with Gasteiger partial charge in [0.2, 0.25) is 0 Å². The molecule has 0 aliphatic heterocycles. The van der Waals surface area contributed by atoms with Crippen molar-refractivity contribution in [2.45, 2.75) is 0 Å². The van der Waals surface area contributed by atoms with Gasteiger partial charge in [-0.2, -0.15) is 0 Å². The summed E-state index contributed by atoms with van der Waals surface area (Å²) < 4.78 is 35.2. The van der Waals surface area contributed by atoms with Crippen LogP contribution in [0.15, 0.2) is 115 Å². The fourth-order valence-electron chi connectivity index (χ4n) is 4.20. The zero-order valence-electron chi connectivity index (χ0n) is 15.7. The van der Waals surface area contributed by atoms with Gasteiger partial charge < -0.3 is 0 Å². The van der Waals surface area contributed by atoms with Crippen molar-refractivity contribution in [3.05, 3.63) is 115 Å². The Morgan fingerprint density at radius 2 is 0.828 bits per heavy atom. The molecule has 0 aliphatic carbocycles. The van der Waals surface area contributed by atoms with Gasteiger partial charge in [-0.05, 0) is 0 Å². The minimum atomic E-state index is -5.72. The molecule has 0 amide bonds. The molecule has 0 fully saturated rings. The van der Waals surface area contributed by atoms with E-state index in [0.29, 0.717) is 10.8 Å². The van der Waals surface area contributed by atoms with Crippen LogP contribution in [0.2, 0.25) is 0 Å². The van der Waals surface area contributed by atoms with Gasteiger partial charge in [0.05, 0.1) is 0 Å². The Morgan fingerprint density at radius 1 is 0.414 bits per heavy atom. The molecule has 5 aromatic carbocycles. The van der Waals surface area contributed by atoms with Gasteiger partial charge >= 0.3 is 168 Å². The van der Waals surface area contributed by atoms with Gasteiger partial charge in [0.1, 0.15) is 0 Å². The normalized spacial score (nSPS) is 13.2. The van der Waals surface area contributed by atoms with Gasteiger partial charge in [0, 0.05) is 0 Å². The standard InChI is InChI=1S/C26H19F2P/c27-29(28,22-14-2-1-3-15-22,25-18-8-12-20-10-4-6-16-23(20)25)26-19-9-13-21-11-5-7-17-24(21)26/h1-19H. The second-order valence-electron chi connectivity index (χ2n) is 7.24. The Balaban J connectivity index is 1.99. The molecule has 0 radical (unpaired) electrons. The molecule has 0 N–H and O–H groups in total. The van der Waals surface area contributed by atoms with Crippen molar-refractivity contribution in [3.63, 3.8) is 0 Å². The first-order valence-corrected chi connectivity index (χ1v) is 11.6.